The van der Waals surface area contributed by atoms with E-state index in [-0.39, 0.29) is 5.91 Å². The minimum atomic E-state index is -1.18. The van der Waals surface area contributed by atoms with E-state index in [4.69, 9.17) is 5.11 Å². The summed E-state index contributed by atoms with van der Waals surface area (Å²) in [6.45, 7) is 0. The van der Waals surface area contributed by atoms with Gasteiger partial charge >= 0.3 is 5.97 Å². The third-order valence-corrected chi connectivity index (χ3v) is 2.92. The maximum atomic E-state index is 12.0. The van der Waals surface area contributed by atoms with Gasteiger partial charge in [0.25, 0.3) is 0 Å². The Hall–Kier alpha value is -1.91. The van der Waals surface area contributed by atoms with Crippen LogP contribution in [0, 0.1) is 5.41 Å². The van der Waals surface area contributed by atoms with E-state index in [0.717, 1.165) is 0 Å². The quantitative estimate of drug-likeness (QED) is 0.768. The summed E-state index contributed by atoms with van der Waals surface area (Å²) in [7, 11) is 1.58. The molecule has 5 heteroatoms. The first-order valence-corrected chi connectivity index (χ1v) is 4.99. The minimum Gasteiger partial charge on any atom is -0.480 e. The predicted molar refractivity (Wildman–Crippen MR) is 56.9 cm³/mol. The molecule has 2 rings (SSSR count). The average molecular weight is 220 g/mol. The van der Waals surface area contributed by atoms with Crippen LogP contribution in [0.25, 0.3) is 0 Å². The van der Waals surface area contributed by atoms with E-state index in [0.29, 0.717) is 18.5 Å². The molecule has 1 aromatic heterocycles. The fourth-order valence-electron chi connectivity index (χ4n) is 1.65. The Morgan fingerprint density at radius 1 is 1.38 bits per heavy atom. The first-order chi connectivity index (χ1) is 7.58. The third-order valence-electron chi connectivity index (χ3n) is 2.92. The van der Waals surface area contributed by atoms with Gasteiger partial charge in [0.2, 0.25) is 5.91 Å². The highest BCUT2D eigenvalue weighted by Gasteiger charge is 2.58. The molecule has 0 bridgehead atoms. The van der Waals surface area contributed by atoms with Crippen molar-refractivity contribution >= 4 is 17.6 Å². The molecule has 1 fully saturated rings. The maximum Gasteiger partial charge on any atom is 0.319 e. The molecule has 84 valence electrons. The van der Waals surface area contributed by atoms with Crippen LogP contribution in [0.15, 0.2) is 24.5 Å². The van der Waals surface area contributed by atoms with Crippen LogP contribution < -0.4 is 4.90 Å². The molecule has 0 atom stereocenters. The highest BCUT2D eigenvalue weighted by Crippen LogP contribution is 2.47. The Morgan fingerprint density at radius 2 is 1.94 bits per heavy atom. The number of carbonyl (C=O) groups is 2. The van der Waals surface area contributed by atoms with Gasteiger partial charge in [0.1, 0.15) is 5.41 Å². The second kappa shape index (κ2) is 3.59. The van der Waals surface area contributed by atoms with Crippen molar-refractivity contribution in [3.05, 3.63) is 24.5 Å². The van der Waals surface area contributed by atoms with Crippen molar-refractivity contribution in [3.8, 4) is 0 Å². The molecule has 1 aliphatic rings. The van der Waals surface area contributed by atoms with Gasteiger partial charge in [-0.1, -0.05) is 0 Å². The van der Waals surface area contributed by atoms with Crippen molar-refractivity contribution in [2.45, 2.75) is 12.8 Å². The summed E-state index contributed by atoms with van der Waals surface area (Å²) >= 11 is 0. The Morgan fingerprint density at radius 3 is 2.38 bits per heavy atom. The van der Waals surface area contributed by atoms with Crippen molar-refractivity contribution in [3.63, 3.8) is 0 Å². The molecule has 1 amide bonds. The first kappa shape index (κ1) is 10.6. The molecule has 1 saturated carbocycles. The van der Waals surface area contributed by atoms with Gasteiger partial charge in [0.15, 0.2) is 0 Å². The van der Waals surface area contributed by atoms with Gasteiger partial charge < -0.3 is 10.0 Å². The lowest BCUT2D eigenvalue weighted by atomic mass is 10.1. The molecule has 0 spiro atoms. The van der Waals surface area contributed by atoms with Crippen LogP contribution >= 0.6 is 0 Å². The summed E-state index contributed by atoms with van der Waals surface area (Å²) in [6, 6.07) is 3.35. The van der Waals surface area contributed by atoms with Crippen LogP contribution in [0.5, 0.6) is 0 Å². The molecule has 0 aromatic carbocycles. The smallest absolute Gasteiger partial charge is 0.319 e. The molecule has 1 heterocycles. The number of aromatic nitrogens is 1. The van der Waals surface area contributed by atoms with Gasteiger partial charge in [-0.3, -0.25) is 14.6 Å². The number of aliphatic carboxylic acids is 1. The Bertz CT molecular complexity index is 426. The lowest BCUT2D eigenvalue weighted by molar-refractivity contribution is -0.148. The van der Waals surface area contributed by atoms with E-state index in [9.17, 15) is 9.59 Å². The lowest BCUT2D eigenvalue weighted by Crippen LogP contribution is -2.38. The number of hydrogen-bond donors (Lipinski definition) is 1. The molecular weight excluding hydrogens is 208 g/mol. The van der Waals surface area contributed by atoms with E-state index in [1.165, 1.54) is 4.90 Å². The van der Waals surface area contributed by atoms with E-state index in [2.05, 4.69) is 4.98 Å². The summed E-state index contributed by atoms with van der Waals surface area (Å²) in [5.41, 5.74) is -0.523. The largest absolute Gasteiger partial charge is 0.480 e. The molecule has 1 aliphatic carbocycles. The molecule has 0 aliphatic heterocycles. The molecule has 0 unspecified atom stereocenters. The molecule has 16 heavy (non-hydrogen) atoms. The van der Waals surface area contributed by atoms with Crippen LogP contribution in [0.2, 0.25) is 0 Å². The molecule has 0 radical (unpaired) electrons. The first-order valence-electron chi connectivity index (χ1n) is 4.99. The monoisotopic (exact) mass is 220 g/mol. The van der Waals surface area contributed by atoms with Gasteiger partial charge in [-0.15, -0.1) is 0 Å². The number of amides is 1. The fraction of sp³-hybridized carbons (Fsp3) is 0.364. The zero-order valence-electron chi connectivity index (χ0n) is 8.88. The van der Waals surface area contributed by atoms with E-state index in [1.54, 1.807) is 31.6 Å². The van der Waals surface area contributed by atoms with Crippen molar-refractivity contribution < 1.29 is 14.7 Å². The number of hydrogen-bond acceptors (Lipinski definition) is 3. The zero-order valence-corrected chi connectivity index (χ0v) is 8.88. The van der Waals surface area contributed by atoms with E-state index < -0.39 is 11.4 Å². The molecule has 5 nitrogen and oxygen atoms in total. The number of nitrogens with zero attached hydrogens (tertiary/aromatic N) is 2. The van der Waals surface area contributed by atoms with Crippen LogP contribution in [0.3, 0.4) is 0 Å². The van der Waals surface area contributed by atoms with Crippen molar-refractivity contribution in [2.24, 2.45) is 5.41 Å². The van der Waals surface area contributed by atoms with Crippen LogP contribution in [-0.4, -0.2) is 29.0 Å². The lowest BCUT2D eigenvalue weighted by Gasteiger charge is -2.20. The number of anilines is 1. The summed E-state index contributed by atoms with van der Waals surface area (Å²) in [5, 5.41) is 9.01. The van der Waals surface area contributed by atoms with Crippen molar-refractivity contribution in [1.29, 1.82) is 0 Å². The van der Waals surface area contributed by atoms with Gasteiger partial charge in [-0.05, 0) is 25.0 Å². The highest BCUT2D eigenvalue weighted by atomic mass is 16.4. The molecule has 1 aromatic rings. The van der Waals surface area contributed by atoms with Crippen molar-refractivity contribution in [1.82, 2.24) is 4.98 Å². The standard InChI is InChI=1S/C11H12N2O3/c1-13(8-2-6-12-7-3-8)9(14)11(4-5-11)10(15)16/h2-3,6-7H,4-5H2,1H3,(H,15,16). The summed E-state index contributed by atoms with van der Waals surface area (Å²) in [4.78, 5) is 28.2. The number of carboxylic acid groups (broad SMARTS) is 1. The normalized spacial score (nSPS) is 16.6. The SMILES string of the molecule is CN(C(=O)C1(C(=O)O)CC1)c1ccncc1. The number of pyridine rings is 1. The number of carbonyl (C=O) groups excluding carboxylic acids is 1. The second-order valence-corrected chi connectivity index (χ2v) is 3.96. The average Bonchev–Trinajstić information content (AvgIpc) is 3.09. The third kappa shape index (κ3) is 1.54. The number of carboxylic acids is 1. The van der Waals surface area contributed by atoms with Crippen LogP contribution in [0.4, 0.5) is 5.69 Å². The molecular formula is C11H12N2O3. The number of rotatable bonds is 3. The summed E-state index contributed by atoms with van der Waals surface area (Å²) in [5.74, 6) is -1.38. The second-order valence-electron chi connectivity index (χ2n) is 3.96. The molecule has 1 N–H and O–H groups in total. The summed E-state index contributed by atoms with van der Waals surface area (Å²) in [6.07, 6.45) is 3.99. The van der Waals surface area contributed by atoms with E-state index >= 15 is 0 Å². The Labute approximate surface area is 92.7 Å². The zero-order chi connectivity index (χ0) is 11.8. The highest BCUT2D eigenvalue weighted by molar-refractivity contribution is 6.11. The van der Waals surface area contributed by atoms with Gasteiger partial charge in [-0.25, -0.2) is 0 Å². The summed E-state index contributed by atoms with van der Waals surface area (Å²) < 4.78 is 0. The van der Waals surface area contributed by atoms with Gasteiger partial charge in [-0.2, -0.15) is 0 Å². The Kier molecular flexibility index (Phi) is 2.38. The Balaban J connectivity index is 2.21. The van der Waals surface area contributed by atoms with Crippen molar-refractivity contribution in [2.75, 3.05) is 11.9 Å². The van der Waals surface area contributed by atoms with Gasteiger partial charge in [0, 0.05) is 25.1 Å². The maximum absolute atomic E-state index is 12.0. The van der Waals surface area contributed by atoms with Crippen LogP contribution in [0.1, 0.15) is 12.8 Å². The topological polar surface area (TPSA) is 70.5 Å². The van der Waals surface area contributed by atoms with Crippen LogP contribution in [-0.2, 0) is 9.59 Å². The van der Waals surface area contributed by atoms with Gasteiger partial charge in [0.05, 0.1) is 0 Å². The predicted octanol–water partition coefficient (Wildman–Crippen LogP) is 0.909. The minimum absolute atomic E-state index is 0.355. The van der Waals surface area contributed by atoms with E-state index in [1.807, 2.05) is 0 Å². The molecule has 0 saturated heterocycles. The fourth-order valence-corrected chi connectivity index (χ4v) is 1.65.